The Balaban J connectivity index is 2.25. The molecule has 0 bridgehead atoms. The Morgan fingerprint density at radius 3 is 2.33 bits per heavy atom. The molecule has 0 aliphatic heterocycles. The molecule has 1 aromatic rings. The highest BCUT2D eigenvalue weighted by Gasteiger charge is 2.04. The van der Waals surface area contributed by atoms with Gasteiger partial charge in [0.15, 0.2) is 0 Å². The summed E-state index contributed by atoms with van der Waals surface area (Å²) in [7, 11) is 1.46. The number of carbonyl (C=O) groups excluding carboxylic acids is 2. The predicted octanol–water partition coefficient (Wildman–Crippen LogP) is 0.487. The number of rotatable bonds is 6. The fourth-order valence-corrected chi connectivity index (χ4v) is 1.37. The molecule has 5 heteroatoms. The van der Waals surface area contributed by atoms with Crippen molar-refractivity contribution in [1.82, 2.24) is 10.6 Å². The van der Waals surface area contributed by atoms with Gasteiger partial charge in [-0.05, 0) is 19.1 Å². The van der Waals surface area contributed by atoms with Gasteiger partial charge in [0.25, 0.3) is 5.91 Å². The molecule has 5 nitrogen and oxygen atoms in total. The molecule has 0 saturated carbocycles. The quantitative estimate of drug-likeness (QED) is 0.722. The van der Waals surface area contributed by atoms with Crippen molar-refractivity contribution < 1.29 is 14.3 Å². The molecule has 0 radical (unpaired) electrons. The number of nitrogens with one attached hydrogen (secondary N) is 2. The van der Waals surface area contributed by atoms with Gasteiger partial charge in [0, 0.05) is 25.8 Å². The van der Waals surface area contributed by atoms with Gasteiger partial charge in [-0.2, -0.15) is 0 Å². The molecule has 98 valence electrons. The molecule has 2 amide bonds. The number of aryl methyl sites for hydroxylation is 1. The summed E-state index contributed by atoms with van der Waals surface area (Å²) in [5.74, 6) is -0.335. The Morgan fingerprint density at radius 1 is 1.11 bits per heavy atom. The van der Waals surface area contributed by atoms with E-state index in [2.05, 4.69) is 15.4 Å². The van der Waals surface area contributed by atoms with Crippen LogP contribution in [-0.2, 0) is 9.53 Å². The van der Waals surface area contributed by atoms with Gasteiger partial charge in [-0.3, -0.25) is 9.59 Å². The molecule has 1 aromatic carbocycles. The fourth-order valence-electron chi connectivity index (χ4n) is 1.37. The van der Waals surface area contributed by atoms with Crippen molar-refractivity contribution >= 4 is 11.8 Å². The van der Waals surface area contributed by atoms with Gasteiger partial charge in [-0.1, -0.05) is 17.7 Å². The monoisotopic (exact) mass is 250 g/mol. The van der Waals surface area contributed by atoms with Gasteiger partial charge in [0.2, 0.25) is 5.91 Å². The van der Waals surface area contributed by atoms with Crippen LogP contribution in [0.2, 0.25) is 0 Å². The zero-order valence-corrected chi connectivity index (χ0v) is 10.7. The Hall–Kier alpha value is -1.88. The van der Waals surface area contributed by atoms with Crippen molar-refractivity contribution in [2.45, 2.75) is 6.92 Å². The van der Waals surface area contributed by atoms with Crippen LogP contribution in [0.3, 0.4) is 0 Å². The summed E-state index contributed by atoms with van der Waals surface area (Å²) in [5.41, 5.74) is 1.72. The SMILES string of the molecule is COCC(=O)NCCNC(=O)c1ccc(C)cc1. The highest BCUT2D eigenvalue weighted by atomic mass is 16.5. The molecule has 0 aromatic heterocycles. The van der Waals surface area contributed by atoms with Crippen LogP contribution >= 0.6 is 0 Å². The third-order valence-corrected chi connectivity index (χ3v) is 2.32. The molecular formula is C13H18N2O3. The Bertz CT molecular complexity index is 401. The first-order valence-electron chi connectivity index (χ1n) is 5.74. The molecule has 0 unspecified atom stereocenters. The smallest absolute Gasteiger partial charge is 0.251 e. The van der Waals surface area contributed by atoms with Crippen molar-refractivity contribution in [1.29, 1.82) is 0 Å². The third kappa shape index (κ3) is 4.97. The first-order valence-corrected chi connectivity index (χ1v) is 5.74. The average Bonchev–Trinajstić information content (AvgIpc) is 2.35. The van der Waals surface area contributed by atoms with E-state index in [-0.39, 0.29) is 18.4 Å². The van der Waals surface area contributed by atoms with Crippen molar-refractivity contribution in [3.63, 3.8) is 0 Å². The van der Waals surface area contributed by atoms with E-state index in [1.807, 2.05) is 19.1 Å². The van der Waals surface area contributed by atoms with Gasteiger partial charge in [-0.25, -0.2) is 0 Å². The van der Waals surface area contributed by atoms with Gasteiger partial charge in [0.05, 0.1) is 0 Å². The summed E-state index contributed by atoms with van der Waals surface area (Å²) in [5, 5.41) is 5.34. The number of hydrogen-bond acceptors (Lipinski definition) is 3. The minimum absolute atomic E-state index is 0.0336. The number of benzene rings is 1. The van der Waals surface area contributed by atoms with E-state index in [1.165, 1.54) is 7.11 Å². The second-order valence-corrected chi connectivity index (χ2v) is 3.90. The number of carbonyl (C=O) groups is 2. The maximum atomic E-state index is 11.7. The van der Waals surface area contributed by atoms with Gasteiger partial charge >= 0.3 is 0 Å². The standard InChI is InChI=1S/C13H18N2O3/c1-10-3-5-11(6-4-10)13(17)15-8-7-14-12(16)9-18-2/h3-6H,7-9H2,1-2H3,(H,14,16)(H,15,17). The lowest BCUT2D eigenvalue weighted by molar-refractivity contribution is -0.124. The Labute approximate surface area is 107 Å². The van der Waals surface area contributed by atoms with E-state index in [0.29, 0.717) is 18.7 Å². The minimum atomic E-state index is -0.193. The van der Waals surface area contributed by atoms with E-state index in [4.69, 9.17) is 0 Å². The number of ether oxygens (including phenoxy) is 1. The van der Waals surface area contributed by atoms with Crippen LogP contribution in [0.25, 0.3) is 0 Å². The molecule has 1 rings (SSSR count). The zero-order valence-electron chi connectivity index (χ0n) is 10.7. The minimum Gasteiger partial charge on any atom is -0.375 e. The molecule has 0 heterocycles. The molecule has 2 N–H and O–H groups in total. The molecule has 0 atom stereocenters. The molecule has 18 heavy (non-hydrogen) atoms. The average molecular weight is 250 g/mol. The maximum absolute atomic E-state index is 11.7. The summed E-state index contributed by atoms with van der Waals surface area (Å²) < 4.78 is 4.66. The van der Waals surface area contributed by atoms with E-state index in [9.17, 15) is 9.59 Å². The lowest BCUT2D eigenvalue weighted by Gasteiger charge is -2.07. The van der Waals surface area contributed by atoms with Crippen molar-refractivity contribution in [2.24, 2.45) is 0 Å². The largest absolute Gasteiger partial charge is 0.375 e. The van der Waals surface area contributed by atoms with Crippen LogP contribution in [-0.4, -0.2) is 38.6 Å². The van der Waals surface area contributed by atoms with Gasteiger partial charge in [-0.15, -0.1) is 0 Å². The van der Waals surface area contributed by atoms with Crippen molar-refractivity contribution in [3.8, 4) is 0 Å². The first-order chi connectivity index (χ1) is 8.63. The summed E-state index contributed by atoms with van der Waals surface area (Å²) in [6.45, 7) is 2.78. The lowest BCUT2D eigenvalue weighted by Crippen LogP contribution is -2.36. The highest BCUT2D eigenvalue weighted by Crippen LogP contribution is 2.02. The zero-order chi connectivity index (χ0) is 13.4. The maximum Gasteiger partial charge on any atom is 0.251 e. The van der Waals surface area contributed by atoms with E-state index in [0.717, 1.165) is 5.56 Å². The first kappa shape index (κ1) is 14.2. The van der Waals surface area contributed by atoms with Crippen LogP contribution in [0.5, 0.6) is 0 Å². The molecule has 0 saturated heterocycles. The Kier molecular flexibility index (Phi) is 5.87. The third-order valence-electron chi connectivity index (χ3n) is 2.32. The second-order valence-electron chi connectivity index (χ2n) is 3.90. The van der Waals surface area contributed by atoms with E-state index >= 15 is 0 Å². The summed E-state index contributed by atoms with van der Waals surface area (Å²) in [6, 6.07) is 7.31. The normalized spacial score (nSPS) is 9.89. The van der Waals surface area contributed by atoms with Crippen LogP contribution in [0.15, 0.2) is 24.3 Å². The number of amides is 2. The number of methoxy groups -OCH3 is 1. The Morgan fingerprint density at radius 2 is 1.72 bits per heavy atom. The van der Waals surface area contributed by atoms with Gasteiger partial charge in [0.1, 0.15) is 6.61 Å². The topological polar surface area (TPSA) is 67.4 Å². The summed E-state index contributed by atoms with van der Waals surface area (Å²) >= 11 is 0. The van der Waals surface area contributed by atoms with Crippen LogP contribution in [0.4, 0.5) is 0 Å². The molecule has 0 aliphatic rings. The van der Waals surface area contributed by atoms with Gasteiger partial charge < -0.3 is 15.4 Å². The van der Waals surface area contributed by atoms with Crippen LogP contribution in [0, 0.1) is 6.92 Å². The van der Waals surface area contributed by atoms with Crippen molar-refractivity contribution in [2.75, 3.05) is 26.8 Å². The molecule has 0 fully saturated rings. The number of hydrogen-bond donors (Lipinski definition) is 2. The second kappa shape index (κ2) is 7.45. The lowest BCUT2D eigenvalue weighted by atomic mass is 10.1. The molecule has 0 aliphatic carbocycles. The van der Waals surface area contributed by atoms with E-state index in [1.54, 1.807) is 12.1 Å². The highest BCUT2D eigenvalue weighted by molar-refractivity contribution is 5.94. The fraction of sp³-hybridized carbons (Fsp3) is 0.385. The van der Waals surface area contributed by atoms with E-state index < -0.39 is 0 Å². The van der Waals surface area contributed by atoms with Crippen molar-refractivity contribution in [3.05, 3.63) is 35.4 Å². The predicted molar refractivity (Wildman–Crippen MR) is 68.4 cm³/mol. The summed E-state index contributed by atoms with van der Waals surface area (Å²) in [4.78, 5) is 22.7. The molecule has 0 spiro atoms. The van der Waals surface area contributed by atoms with Crippen LogP contribution < -0.4 is 10.6 Å². The molecular weight excluding hydrogens is 232 g/mol. The summed E-state index contributed by atoms with van der Waals surface area (Å²) in [6.07, 6.45) is 0. The van der Waals surface area contributed by atoms with Crippen LogP contribution in [0.1, 0.15) is 15.9 Å².